The third kappa shape index (κ3) is 5.42. The number of allylic oxidation sites excluding steroid dienone is 2. The molecule has 1 aromatic heterocycles. The molecule has 1 amide bonds. The largest absolute Gasteiger partial charge is 0.477 e. The second kappa shape index (κ2) is 9.97. The number of hydrogen-bond donors (Lipinski definition) is 1. The SMILES string of the molecule is CC(C)(C)OC(=O)N1CC[C@@H](n2cc(C3=CCC(C)(Oc4c(F)cccc4F)C=C3)c(C#N)c2C(=O)O)C1. The highest BCUT2D eigenvalue weighted by Crippen LogP contribution is 2.36. The van der Waals surface area contributed by atoms with Crippen LogP contribution in [0.4, 0.5) is 13.6 Å². The van der Waals surface area contributed by atoms with E-state index in [9.17, 15) is 28.7 Å². The van der Waals surface area contributed by atoms with Gasteiger partial charge in [0.1, 0.15) is 23.0 Å². The molecule has 200 valence electrons. The van der Waals surface area contributed by atoms with E-state index >= 15 is 0 Å². The molecule has 0 bridgehead atoms. The minimum absolute atomic E-state index is 0.00575. The monoisotopic (exact) mass is 525 g/mol. The van der Waals surface area contributed by atoms with E-state index in [1.165, 1.54) is 15.5 Å². The first-order valence-electron chi connectivity index (χ1n) is 12.2. The molecule has 1 unspecified atom stereocenters. The van der Waals surface area contributed by atoms with Crippen molar-refractivity contribution in [3.8, 4) is 11.8 Å². The van der Waals surface area contributed by atoms with Crippen molar-refractivity contribution in [2.45, 2.75) is 57.8 Å². The molecule has 1 aliphatic carbocycles. The minimum Gasteiger partial charge on any atom is -0.477 e. The summed E-state index contributed by atoms with van der Waals surface area (Å²) in [5.74, 6) is -3.38. The van der Waals surface area contributed by atoms with E-state index in [4.69, 9.17) is 9.47 Å². The van der Waals surface area contributed by atoms with Gasteiger partial charge in [0.15, 0.2) is 17.4 Å². The zero-order chi connectivity index (χ0) is 27.8. The van der Waals surface area contributed by atoms with E-state index in [0.717, 1.165) is 12.1 Å². The van der Waals surface area contributed by atoms with Crippen LogP contribution in [0.1, 0.15) is 68.2 Å². The smallest absolute Gasteiger partial charge is 0.410 e. The lowest BCUT2D eigenvalue weighted by Gasteiger charge is -2.29. The second-order valence-electron chi connectivity index (χ2n) is 10.6. The summed E-state index contributed by atoms with van der Waals surface area (Å²) in [7, 11) is 0. The highest BCUT2D eigenvalue weighted by atomic mass is 19.1. The van der Waals surface area contributed by atoms with Crippen LogP contribution in [0, 0.1) is 23.0 Å². The molecule has 38 heavy (non-hydrogen) atoms. The van der Waals surface area contributed by atoms with Gasteiger partial charge in [-0.25, -0.2) is 18.4 Å². The van der Waals surface area contributed by atoms with E-state index in [2.05, 4.69) is 0 Å². The van der Waals surface area contributed by atoms with Crippen molar-refractivity contribution in [3.63, 3.8) is 0 Å². The summed E-state index contributed by atoms with van der Waals surface area (Å²) in [6.07, 6.45) is 6.87. The Kier molecular flexibility index (Phi) is 7.06. The molecule has 8 nitrogen and oxygen atoms in total. The molecule has 0 spiro atoms. The summed E-state index contributed by atoms with van der Waals surface area (Å²) in [6.45, 7) is 7.61. The Morgan fingerprint density at radius 2 is 1.92 bits per heavy atom. The molecule has 2 aromatic rings. The summed E-state index contributed by atoms with van der Waals surface area (Å²) in [4.78, 5) is 26.3. The van der Waals surface area contributed by atoms with Gasteiger partial charge in [-0.05, 0) is 57.9 Å². The number of carbonyl (C=O) groups is 2. The van der Waals surface area contributed by atoms with Gasteiger partial charge in [0.2, 0.25) is 0 Å². The molecule has 1 aromatic carbocycles. The Morgan fingerprint density at radius 1 is 1.24 bits per heavy atom. The zero-order valence-electron chi connectivity index (χ0n) is 21.6. The molecule has 1 fully saturated rings. The van der Waals surface area contributed by atoms with Crippen LogP contribution >= 0.6 is 0 Å². The number of carbonyl (C=O) groups excluding carboxylic acids is 1. The van der Waals surface area contributed by atoms with E-state index in [1.807, 2.05) is 6.07 Å². The molecular formula is C28H29F2N3O5. The number of halogens is 2. The van der Waals surface area contributed by atoms with Gasteiger partial charge in [-0.1, -0.05) is 18.2 Å². The number of nitriles is 1. The average Bonchev–Trinajstić information content (AvgIpc) is 3.46. The van der Waals surface area contributed by atoms with Crippen molar-refractivity contribution < 1.29 is 33.0 Å². The first-order chi connectivity index (χ1) is 17.8. The molecule has 2 heterocycles. The van der Waals surface area contributed by atoms with Gasteiger partial charge in [0, 0.05) is 31.3 Å². The fraction of sp³-hybridized carbons (Fsp3) is 0.393. The highest BCUT2D eigenvalue weighted by Gasteiger charge is 2.35. The maximum atomic E-state index is 14.1. The van der Waals surface area contributed by atoms with Crippen LogP contribution in [0.3, 0.4) is 0 Å². The van der Waals surface area contributed by atoms with Gasteiger partial charge in [-0.2, -0.15) is 5.26 Å². The van der Waals surface area contributed by atoms with Gasteiger partial charge in [-0.3, -0.25) is 0 Å². The average molecular weight is 526 g/mol. The first kappa shape index (κ1) is 26.9. The number of ether oxygens (including phenoxy) is 2. The summed E-state index contributed by atoms with van der Waals surface area (Å²) in [6, 6.07) is 5.12. The Labute approximate surface area is 219 Å². The number of benzene rings is 1. The van der Waals surface area contributed by atoms with Crippen LogP contribution < -0.4 is 4.74 Å². The number of carboxylic acid groups (broad SMARTS) is 1. The summed E-state index contributed by atoms with van der Waals surface area (Å²) in [5, 5.41) is 19.9. The van der Waals surface area contributed by atoms with Crippen molar-refractivity contribution >= 4 is 17.6 Å². The van der Waals surface area contributed by atoms with Crippen LogP contribution in [0.5, 0.6) is 5.75 Å². The van der Waals surface area contributed by atoms with E-state index in [0.29, 0.717) is 24.1 Å². The van der Waals surface area contributed by atoms with Gasteiger partial charge in [0.25, 0.3) is 0 Å². The highest BCUT2D eigenvalue weighted by molar-refractivity contribution is 5.93. The van der Waals surface area contributed by atoms with Gasteiger partial charge in [-0.15, -0.1) is 0 Å². The molecule has 1 saturated heterocycles. The predicted octanol–water partition coefficient (Wildman–Crippen LogP) is 5.70. The quantitative estimate of drug-likeness (QED) is 0.537. The van der Waals surface area contributed by atoms with Crippen LogP contribution in [0.15, 0.2) is 42.6 Å². The normalized spacial score (nSPS) is 21.1. The number of aromatic nitrogens is 1. The number of para-hydroxylation sites is 1. The first-order valence-corrected chi connectivity index (χ1v) is 12.2. The van der Waals surface area contributed by atoms with Gasteiger partial charge < -0.3 is 24.0 Å². The lowest BCUT2D eigenvalue weighted by Crippen LogP contribution is -2.35. The molecule has 2 aliphatic rings. The molecule has 1 aliphatic heterocycles. The maximum Gasteiger partial charge on any atom is 0.410 e. The number of carboxylic acids is 1. The lowest BCUT2D eigenvalue weighted by molar-refractivity contribution is 0.0289. The molecule has 10 heteroatoms. The minimum atomic E-state index is -1.26. The van der Waals surface area contributed by atoms with Crippen molar-refractivity contribution in [2.24, 2.45) is 0 Å². The van der Waals surface area contributed by atoms with Crippen molar-refractivity contribution in [2.75, 3.05) is 13.1 Å². The summed E-state index contributed by atoms with van der Waals surface area (Å²) < 4.78 is 40.9. The third-order valence-electron chi connectivity index (χ3n) is 6.46. The molecule has 2 atom stereocenters. The fourth-order valence-electron chi connectivity index (χ4n) is 4.63. The van der Waals surface area contributed by atoms with Crippen LogP contribution in [0.2, 0.25) is 0 Å². The fourth-order valence-corrected chi connectivity index (χ4v) is 4.63. The molecular weight excluding hydrogens is 496 g/mol. The standard InChI is InChI=1S/C28H29F2N3O5/c1-27(2,3)38-26(36)32-13-10-18(15-32)33-16-20(19(14-31)23(33)25(34)35)17-8-11-28(4,12-9-17)37-24-21(29)6-5-7-22(24)30/h5-9,11,16,18H,10,12-13,15H2,1-4H3,(H,34,35)/t18-,28?/m1/s1. The maximum absolute atomic E-state index is 14.1. The van der Waals surface area contributed by atoms with Crippen LogP contribution in [0.25, 0.3) is 5.57 Å². The van der Waals surface area contributed by atoms with Crippen molar-refractivity contribution in [1.82, 2.24) is 9.47 Å². The lowest BCUT2D eigenvalue weighted by atomic mass is 9.90. The second-order valence-corrected chi connectivity index (χ2v) is 10.6. The number of amides is 1. The predicted molar refractivity (Wildman–Crippen MR) is 135 cm³/mol. The van der Waals surface area contributed by atoms with E-state index in [1.54, 1.807) is 52.1 Å². The van der Waals surface area contributed by atoms with Crippen molar-refractivity contribution in [1.29, 1.82) is 5.26 Å². The Balaban J connectivity index is 1.60. The van der Waals surface area contributed by atoms with Gasteiger partial charge >= 0.3 is 12.1 Å². The molecule has 1 N–H and O–H groups in total. The topological polar surface area (TPSA) is 105 Å². The zero-order valence-corrected chi connectivity index (χ0v) is 21.6. The van der Waals surface area contributed by atoms with E-state index < -0.39 is 40.6 Å². The van der Waals surface area contributed by atoms with Crippen LogP contribution in [-0.2, 0) is 4.74 Å². The number of aromatic carboxylic acids is 1. The summed E-state index contributed by atoms with van der Waals surface area (Å²) in [5.41, 5.74) is -0.890. The number of rotatable bonds is 5. The number of hydrogen-bond acceptors (Lipinski definition) is 5. The number of likely N-dealkylation sites (tertiary alicyclic amines) is 1. The third-order valence-corrected chi connectivity index (χ3v) is 6.46. The molecule has 4 rings (SSSR count). The molecule has 0 saturated carbocycles. The van der Waals surface area contributed by atoms with Crippen LogP contribution in [-0.4, -0.2) is 50.9 Å². The van der Waals surface area contributed by atoms with Crippen molar-refractivity contribution in [3.05, 3.63) is 71.1 Å². The Morgan fingerprint density at radius 3 is 2.47 bits per heavy atom. The molecule has 0 radical (unpaired) electrons. The number of nitrogens with zero attached hydrogens (tertiary/aromatic N) is 3. The Hall–Kier alpha value is -4.13. The summed E-state index contributed by atoms with van der Waals surface area (Å²) >= 11 is 0. The Bertz CT molecular complexity index is 1360. The van der Waals surface area contributed by atoms with Gasteiger partial charge in [0.05, 0.1) is 11.6 Å². The van der Waals surface area contributed by atoms with E-state index in [-0.39, 0.29) is 30.3 Å².